The molecule has 1 aromatic carbocycles. The molecule has 1 N–H and O–H groups in total. The molecule has 4 rings (SSSR count). The number of hydrogen-bond acceptors (Lipinski definition) is 4. The van der Waals surface area contributed by atoms with Crippen LogP contribution in [0.5, 0.6) is 0 Å². The summed E-state index contributed by atoms with van der Waals surface area (Å²) in [4.78, 5) is 16.5. The van der Waals surface area contributed by atoms with Crippen molar-refractivity contribution >= 4 is 27.5 Å². The Kier molecular flexibility index (Phi) is 4.50. The van der Waals surface area contributed by atoms with E-state index in [2.05, 4.69) is 10.4 Å². The lowest BCUT2D eigenvalue weighted by atomic mass is 10.1. The molecular weight excluding hydrogens is 351 g/mol. The summed E-state index contributed by atoms with van der Waals surface area (Å²) in [5.41, 5.74) is 1.65. The van der Waals surface area contributed by atoms with E-state index < -0.39 is 0 Å². The van der Waals surface area contributed by atoms with Crippen molar-refractivity contribution in [3.63, 3.8) is 0 Å². The Bertz CT molecular complexity index is 941. The summed E-state index contributed by atoms with van der Waals surface area (Å²) >= 11 is 1.44. The van der Waals surface area contributed by atoms with E-state index >= 15 is 0 Å². The Hall–Kier alpha value is -2.25. The molecule has 0 unspecified atom stereocenters. The number of rotatable bonds is 3. The molecule has 1 saturated heterocycles. The number of carbonyl (C=O) groups excluding carboxylic acids is 1. The molecule has 3 heterocycles. The number of piperidine rings is 1. The SMILES string of the molecule is Cc1nn(-c2ccc(F)cc2)c2sc(C(=O)N(C)C3CCNCC3)cc12. The number of nitrogens with one attached hydrogen (secondary N) is 1. The first-order chi connectivity index (χ1) is 12.5. The number of aromatic nitrogens is 2. The summed E-state index contributed by atoms with van der Waals surface area (Å²) in [6, 6.07) is 8.45. The van der Waals surface area contributed by atoms with Crippen LogP contribution in [0.15, 0.2) is 30.3 Å². The van der Waals surface area contributed by atoms with Crippen LogP contribution in [0.4, 0.5) is 4.39 Å². The maximum Gasteiger partial charge on any atom is 0.264 e. The van der Waals surface area contributed by atoms with Gasteiger partial charge in [-0.25, -0.2) is 9.07 Å². The first kappa shape index (κ1) is 17.2. The van der Waals surface area contributed by atoms with Crippen LogP contribution in [-0.2, 0) is 0 Å². The number of aryl methyl sites for hydroxylation is 1. The largest absolute Gasteiger partial charge is 0.338 e. The highest BCUT2D eigenvalue weighted by molar-refractivity contribution is 7.20. The van der Waals surface area contributed by atoms with Crippen LogP contribution in [0.1, 0.15) is 28.2 Å². The van der Waals surface area contributed by atoms with E-state index in [9.17, 15) is 9.18 Å². The van der Waals surface area contributed by atoms with Crippen LogP contribution in [0.25, 0.3) is 15.9 Å². The van der Waals surface area contributed by atoms with Crippen LogP contribution in [0.2, 0.25) is 0 Å². The number of hydrogen-bond donors (Lipinski definition) is 1. The van der Waals surface area contributed by atoms with E-state index in [1.165, 1.54) is 23.5 Å². The lowest BCUT2D eigenvalue weighted by molar-refractivity contribution is 0.0708. The van der Waals surface area contributed by atoms with Gasteiger partial charge < -0.3 is 10.2 Å². The fourth-order valence-corrected chi connectivity index (χ4v) is 4.61. The third kappa shape index (κ3) is 3.01. The molecule has 1 fully saturated rings. The quantitative estimate of drug-likeness (QED) is 0.767. The zero-order chi connectivity index (χ0) is 18.3. The van der Waals surface area contributed by atoms with Gasteiger partial charge in [-0.2, -0.15) is 5.10 Å². The minimum absolute atomic E-state index is 0.0585. The fraction of sp³-hybridized carbons (Fsp3) is 0.368. The predicted molar refractivity (Wildman–Crippen MR) is 102 cm³/mol. The fourth-order valence-electron chi connectivity index (χ4n) is 3.44. The number of halogens is 1. The molecule has 0 spiro atoms. The second kappa shape index (κ2) is 6.81. The third-order valence-electron chi connectivity index (χ3n) is 5.00. The number of thiophene rings is 1. The van der Waals surface area contributed by atoms with E-state index in [0.29, 0.717) is 0 Å². The number of carbonyl (C=O) groups is 1. The van der Waals surface area contributed by atoms with E-state index in [-0.39, 0.29) is 17.8 Å². The van der Waals surface area contributed by atoms with Gasteiger partial charge in [0.1, 0.15) is 10.6 Å². The van der Waals surface area contributed by atoms with Crippen molar-refractivity contribution in [2.24, 2.45) is 0 Å². The highest BCUT2D eigenvalue weighted by Crippen LogP contribution is 2.31. The van der Waals surface area contributed by atoms with Crippen molar-refractivity contribution in [2.75, 3.05) is 20.1 Å². The average molecular weight is 372 g/mol. The molecule has 0 atom stereocenters. The van der Waals surface area contributed by atoms with Gasteiger partial charge >= 0.3 is 0 Å². The van der Waals surface area contributed by atoms with Crippen molar-refractivity contribution in [1.29, 1.82) is 0 Å². The highest BCUT2D eigenvalue weighted by atomic mass is 32.1. The lowest BCUT2D eigenvalue weighted by Gasteiger charge is -2.31. The molecule has 0 radical (unpaired) electrons. The summed E-state index contributed by atoms with van der Waals surface area (Å²) in [5, 5.41) is 8.86. The van der Waals surface area contributed by atoms with Gasteiger partial charge in [0.15, 0.2) is 0 Å². The van der Waals surface area contributed by atoms with Gasteiger partial charge in [-0.3, -0.25) is 4.79 Å². The molecule has 2 aromatic heterocycles. The van der Waals surface area contributed by atoms with E-state index in [1.54, 1.807) is 16.8 Å². The molecule has 26 heavy (non-hydrogen) atoms. The lowest BCUT2D eigenvalue weighted by Crippen LogP contribution is -2.43. The maximum absolute atomic E-state index is 13.2. The highest BCUT2D eigenvalue weighted by Gasteiger charge is 2.25. The third-order valence-corrected chi connectivity index (χ3v) is 6.10. The predicted octanol–water partition coefficient (Wildman–Crippen LogP) is 3.36. The molecule has 3 aromatic rings. The standard InChI is InChI=1S/C19H21FN4OS/c1-12-16-11-17(18(25)23(2)14-7-9-21-10-8-14)26-19(16)24(22-12)15-5-3-13(20)4-6-15/h3-6,11,14,21H,7-10H2,1-2H3. The zero-order valence-corrected chi connectivity index (χ0v) is 15.6. The van der Waals surface area contributed by atoms with Crippen molar-refractivity contribution in [2.45, 2.75) is 25.8 Å². The molecular formula is C19H21FN4OS. The maximum atomic E-state index is 13.2. The van der Waals surface area contributed by atoms with Crippen LogP contribution < -0.4 is 5.32 Å². The van der Waals surface area contributed by atoms with Gasteiger partial charge in [0.25, 0.3) is 5.91 Å². The molecule has 0 bridgehead atoms. The van der Waals surface area contributed by atoms with Gasteiger partial charge in [0.05, 0.1) is 16.3 Å². The zero-order valence-electron chi connectivity index (χ0n) is 14.8. The number of benzene rings is 1. The van der Waals surface area contributed by atoms with Gasteiger partial charge in [0.2, 0.25) is 0 Å². The van der Waals surface area contributed by atoms with E-state index in [4.69, 9.17) is 0 Å². The van der Waals surface area contributed by atoms with E-state index in [0.717, 1.165) is 52.4 Å². The summed E-state index contributed by atoms with van der Waals surface area (Å²) in [6.07, 6.45) is 1.96. The molecule has 5 nitrogen and oxygen atoms in total. The van der Waals surface area contributed by atoms with Crippen molar-refractivity contribution < 1.29 is 9.18 Å². The van der Waals surface area contributed by atoms with Crippen LogP contribution >= 0.6 is 11.3 Å². The van der Waals surface area contributed by atoms with Crippen molar-refractivity contribution in [1.82, 2.24) is 20.0 Å². The Morgan fingerprint density at radius 2 is 2.00 bits per heavy atom. The summed E-state index contributed by atoms with van der Waals surface area (Å²) in [6.45, 7) is 3.83. The Morgan fingerprint density at radius 1 is 1.31 bits per heavy atom. The summed E-state index contributed by atoms with van der Waals surface area (Å²) in [5.74, 6) is -0.220. The molecule has 7 heteroatoms. The molecule has 1 aliphatic heterocycles. The molecule has 0 saturated carbocycles. The minimum atomic E-state index is -0.278. The van der Waals surface area contributed by atoms with Crippen LogP contribution in [-0.4, -0.2) is 46.8 Å². The van der Waals surface area contributed by atoms with Gasteiger partial charge in [-0.1, -0.05) is 0 Å². The van der Waals surface area contributed by atoms with Crippen LogP contribution in [0.3, 0.4) is 0 Å². The van der Waals surface area contributed by atoms with Gasteiger partial charge in [-0.15, -0.1) is 11.3 Å². The minimum Gasteiger partial charge on any atom is -0.338 e. The smallest absolute Gasteiger partial charge is 0.264 e. The Morgan fingerprint density at radius 3 is 2.69 bits per heavy atom. The Balaban J connectivity index is 1.68. The number of fused-ring (bicyclic) bond motifs is 1. The molecule has 0 aliphatic carbocycles. The van der Waals surface area contributed by atoms with Crippen molar-refractivity contribution in [3.05, 3.63) is 46.7 Å². The van der Waals surface area contributed by atoms with E-state index in [1.807, 2.05) is 24.9 Å². The number of nitrogens with zero attached hydrogens (tertiary/aromatic N) is 3. The van der Waals surface area contributed by atoms with Gasteiger partial charge in [0, 0.05) is 18.5 Å². The van der Waals surface area contributed by atoms with Crippen molar-refractivity contribution in [3.8, 4) is 5.69 Å². The first-order valence-corrected chi connectivity index (χ1v) is 9.59. The number of amides is 1. The summed E-state index contributed by atoms with van der Waals surface area (Å²) in [7, 11) is 1.89. The second-order valence-corrected chi connectivity index (χ2v) is 7.73. The summed E-state index contributed by atoms with van der Waals surface area (Å²) < 4.78 is 15.0. The normalized spacial score (nSPS) is 15.5. The Labute approximate surface area is 155 Å². The van der Waals surface area contributed by atoms with Crippen LogP contribution in [0, 0.1) is 12.7 Å². The second-order valence-electron chi connectivity index (χ2n) is 6.70. The molecule has 1 amide bonds. The first-order valence-electron chi connectivity index (χ1n) is 8.77. The monoisotopic (exact) mass is 372 g/mol. The molecule has 1 aliphatic rings. The molecule has 136 valence electrons. The van der Waals surface area contributed by atoms with Gasteiger partial charge in [-0.05, 0) is 63.2 Å². The average Bonchev–Trinajstić information content (AvgIpc) is 3.23. The topological polar surface area (TPSA) is 50.2 Å².